The fourth-order valence-electron chi connectivity index (χ4n) is 5.32. The molecule has 0 saturated carbocycles. The van der Waals surface area contributed by atoms with E-state index < -0.39 is 16.1 Å². The Labute approximate surface area is 240 Å². The third-order valence-corrected chi connectivity index (χ3v) is 10.4. The summed E-state index contributed by atoms with van der Waals surface area (Å²) >= 11 is 18.4. The van der Waals surface area contributed by atoms with Crippen molar-refractivity contribution in [1.29, 1.82) is 0 Å². The lowest BCUT2D eigenvalue weighted by molar-refractivity contribution is -0.137. The molecule has 9 nitrogen and oxygen atoms in total. The number of rotatable bonds is 10. The molecule has 3 aliphatic heterocycles. The van der Waals surface area contributed by atoms with Crippen molar-refractivity contribution >= 4 is 50.7 Å². The summed E-state index contributed by atoms with van der Waals surface area (Å²) in [5, 5.41) is 0.156. The molecule has 13 heteroatoms. The minimum absolute atomic E-state index is 0.0181. The molecule has 0 aromatic heterocycles. The second kappa shape index (κ2) is 14.3. The van der Waals surface area contributed by atoms with Gasteiger partial charge in [-0.25, -0.2) is 8.42 Å². The van der Waals surface area contributed by atoms with Crippen molar-refractivity contribution in [2.24, 2.45) is 0 Å². The van der Waals surface area contributed by atoms with Crippen molar-refractivity contribution < 1.29 is 22.7 Å². The van der Waals surface area contributed by atoms with Gasteiger partial charge in [0.25, 0.3) is 0 Å². The van der Waals surface area contributed by atoms with E-state index in [9.17, 15) is 13.2 Å². The van der Waals surface area contributed by atoms with Gasteiger partial charge in [0.05, 0.1) is 35.9 Å². The van der Waals surface area contributed by atoms with Gasteiger partial charge < -0.3 is 24.2 Å². The highest BCUT2D eigenvalue weighted by Gasteiger charge is 2.37. The lowest BCUT2D eigenvalue weighted by Gasteiger charge is -2.34. The first kappa shape index (κ1) is 30.3. The summed E-state index contributed by atoms with van der Waals surface area (Å²) in [4.78, 5) is 19.5. The van der Waals surface area contributed by atoms with Crippen LogP contribution >= 0.6 is 34.8 Å². The minimum Gasteiger partial charge on any atom is -0.378 e. The van der Waals surface area contributed by atoms with Gasteiger partial charge in [0.2, 0.25) is 15.9 Å². The molecular weight excluding hydrogens is 575 g/mol. The number of amides is 1. The van der Waals surface area contributed by atoms with Crippen LogP contribution in [-0.4, -0.2) is 125 Å². The van der Waals surface area contributed by atoms with Crippen LogP contribution in [0.15, 0.2) is 17.0 Å². The molecule has 0 aliphatic carbocycles. The molecular formula is C25H37Cl3N4O5S. The molecule has 3 saturated heterocycles. The first-order valence-electron chi connectivity index (χ1n) is 13.3. The second-order valence-corrected chi connectivity index (χ2v) is 13.1. The van der Waals surface area contributed by atoms with E-state index in [1.165, 1.54) is 42.4 Å². The number of nitrogens with zero attached hydrogens (tertiary/aromatic N) is 4. The molecule has 0 spiro atoms. The van der Waals surface area contributed by atoms with Gasteiger partial charge in [-0.1, -0.05) is 34.8 Å². The summed E-state index contributed by atoms with van der Waals surface area (Å²) in [5.41, 5.74) is 0. The molecule has 3 heterocycles. The normalized spacial score (nSPS) is 22.6. The van der Waals surface area contributed by atoms with E-state index in [0.29, 0.717) is 13.1 Å². The van der Waals surface area contributed by atoms with E-state index >= 15 is 0 Å². The topological polar surface area (TPSA) is 82.6 Å². The fourth-order valence-corrected chi connectivity index (χ4v) is 8.40. The summed E-state index contributed by atoms with van der Waals surface area (Å²) < 4.78 is 39.4. The summed E-state index contributed by atoms with van der Waals surface area (Å²) in [5.74, 6) is -0.0844. The highest BCUT2D eigenvalue weighted by Crippen LogP contribution is 2.35. The molecule has 0 unspecified atom stereocenters. The predicted octanol–water partition coefficient (Wildman–Crippen LogP) is 3.07. The minimum atomic E-state index is -4.04. The molecule has 3 aliphatic rings. The second-order valence-electron chi connectivity index (χ2n) is 10.0. The Morgan fingerprint density at radius 3 is 2.29 bits per heavy atom. The van der Waals surface area contributed by atoms with E-state index in [4.69, 9.17) is 44.3 Å². The Kier molecular flexibility index (Phi) is 11.4. The van der Waals surface area contributed by atoms with Gasteiger partial charge in [0.1, 0.15) is 11.5 Å². The van der Waals surface area contributed by atoms with Crippen LogP contribution in [0, 0.1) is 0 Å². The van der Waals surface area contributed by atoms with E-state index in [2.05, 4.69) is 9.80 Å². The van der Waals surface area contributed by atoms with Gasteiger partial charge >= 0.3 is 0 Å². The number of sulfonamides is 1. The maximum Gasteiger partial charge on any atom is 0.248 e. The van der Waals surface area contributed by atoms with Crippen LogP contribution in [0.1, 0.15) is 25.7 Å². The van der Waals surface area contributed by atoms with Crippen LogP contribution in [0.4, 0.5) is 0 Å². The maximum atomic E-state index is 13.4. The Morgan fingerprint density at radius 2 is 1.58 bits per heavy atom. The highest BCUT2D eigenvalue weighted by atomic mass is 35.5. The number of ether oxygens (including phenoxy) is 2. The number of carbonyl (C=O) groups is 1. The van der Waals surface area contributed by atoms with Crippen molar-refractivity contribution in [3.05, 3.63) is 27.2 Å². The van der Waals surface area contributed by atoms with Crippen molar-refractivity contribution in [3.8, 4) is 0 Å². The number of carbonyl (C=O) groups excluding carboxylic acids is 1. The molecule has 4 rings (SSSR count). The lowest BCUT2D eigenvalue weighted by atomic mass is 10.3. The molecule has 1 atom stereocenters. The zero-order valence-corrected chi connectivity index (χ0v) is 24.7. The summed E-state index contributed by atoms with van der Waals surface area (Å²) in [6.45, 7) is 8.30. The first-order chi connectivity index (χ1) is 18.3. The molecule has 38 heavy (non-hydrogen) atoms. The number of hydrogen-bond donors (Lipinski definition) is 0. The summed E-state index contributed by atoms with van der Waals surface area (Å²) in [7, 11) is -4.04. The molecule has 0 bridgehead atoms. The Bertz CT molecular complexity index is 1030. The van der Waals surface area contributed by atoms with Crippen LogP contribution in [0.3, 0.4) is 0 Å². The number of benzene rings is 1. The standard InChI is InChI=1S/C25H37Cl3N4O5S/c26-20-15-22(27)25(23(28)16-20)38(34,35)32-13-14-36-17-21(32)18-37-19-24(33)31-10-4-9-30(11-12-31)8-3-7-29-5-1-2-6-29/h15-16,21H,1-14,17-19H2/t21-/m0/s1. The number of hydrogen-bond acceptors (Lipinski definition) is 7. The van der Waals surface area contributed by atoms with Crippen molar-refractivity contribution in [3.63, 3.8) is 0 Å². The largest absolute Gasteiger partial charge is 0.378 e. The number of morpholine rings is 1. The van der Waals surface area contributed by atoms with Crippen molar-refractivity contribution in [1.82, 2.24) is 19.0 Å². The van der Waals surface area contributed by atoms with Gasteiger partial charge in [-0.3, -0.25) is 4.79 Å². The van der Waals surface area contributed by atoms with Gasteiger partial charge in [0.15, 0.2) is 0 Å². The van der Waals surface area contributed by atoms with Gasteiger partial charge in [-0.2, -0.15) is 4.31 Å². The highest BCUT2D eigenvalue weighted by molar-refractivity contribution is 7.89. The zero-order chi connectivity index (χ0) is 27.1. The van der Waals surface area contributed by atoms with Gasteiger partial charge in [-0.15, -0.1) is 0 Å². The zero-order valence-electron chi connectivity index (χ0n) is 21.6. The maximum absolute atomic E-state index is 13.4. The molecule has 3 fully saturated rings. The van der Waals surface area contributed by atoms with Crippen LogP contribution in [0.5, 0.6) is 0 Å². The van der Waals surface area contributed by atoms with Crippen LogP contribution in [-0.2, 0) is 24.3 Å². The first-order valence-corrected chi connectivity index (χ1v) is 15.9. The molecule has 0 radical (unpaired) electrons. The van der Waals surface area contributed by atoms with Crippen molar-refractivity contribution in [2.45, 2.75) is 36.6 Å². The predicted molar refractivity (Wildman–Crippen MR) is 149 cm³/mol. The Morgan fingerprint density at radius 1 is 0.921 bits per heavy atom. The monoisotopic (exact) mass is 610 g/mol. The Balaban J connectivity index is 1.25. The average molecular weight is 612 g/mol. The van der Waals surface area contributed by atoms with Crippen LogP contribution in [0.25, 0.3) is 0 Å². The molecule has 1 aromatic carbocycles. The van der Waals surface area contributed by atoms with E-state index in [1.54, 1.807) is 0 Å². The molecule has 1 aromatic rings. The SMILES string of the molecule is O=C(COC[C@@H]1COCCN1S(=O)(=O)c1c(Cl)cc(Cl)cc1Cl)N1CCCN(CCCN2CCCC2)CC1. The van der Waals surface area contributed by atoms with Crippen LogP contribution in [0.2, 0.25) is 15.1 Å². The average Bonchev–Trinajstić information content (AvgIpc) is 3.27. The van der Waals surface area contributed by atoms with Crippen molar-refractivity contribution in [2.75, 3.05) is 85.3 Å². The summed E-state index contributed by atoms with van der Waals surface area (Å²) in [6.07, 6.45) is 4.72. The lowest BCUT2D eigenvalue weighted by Crippen LogP contribution is -2.51. The van der Waals surface area contributed by atoms with E-state index in [0.717, 1.165) is 39.0 Å². The number of likely N-dealkylation sites (tertiary alicyclic amines) is 1. The molecule has 214 valence electrons. The van der Waals surface area contributed by atoms with E-state index in [-0.39, 0.29) is 58.8 Å². The fraction of sp³-hybridized carbons (Fsp3) is 0.720. The van der Waals surface area contributed by atoms with Gasteiger partial charge in [0, 0.05) is 31.2 Å². The molecule has 1 amide bonds. The molecule has 0 N–H and O–H groups in total. The van der Waals surface area contributed by atoms with Crippen LogP contribution < -0.4 is 0 Å². The Hall–Kier alpha value is -0.690. The third kappa shape index (κ3) is 7.95. The quantitative estimate of drug-likeness (QED) is 0.402. The van der Waals surface area contributed by atoms with E-state index in [1.807, 2.05) is 4.90 Å². The number of halogens is 3. The smallest absolute Gasteiger partial charge is 0.248 e. The summed E-state index contributed by atoms with van der Waals surface area (Å²) in [6, 6.07) is 2.09. The van der Waals surface area contributed by atoms with Gasteiger partial charge in [-0.05, 0) is 70.5 Å². The third-order valence-electron chi connectivity index (χ3n) is 7.33.